The molecule has 0 saturated carbocycles. The molecule has 1 amide bonds. The Balaban J connectivity index is 1.44. The normalized spacial score (nSPS) is 11.8. The molecule has 0 bridgehead atoms. The number of benzene rings is 2. The number of carbonyl (C=O) groups excluding carboxylic acids is 1. The van der Waals surface area contributed by atoms with Gasteiger partial charge in [0.1, 0.15) is 6.04 Å². The van der Waals surface area contributed by atoms with Gasteiger partial charge in [0, 0.05) is 23.5 Å². The average Bonchev–Trinajstić information content (AvgIpc) is 3.41. The molecule has 0 spiro atoms. The third-order valence-electron chi connectivity index (χ3n) is 5.28. The molecule has 2 heterocycles. The highest BCUT2D eigenvalue weighted by molar-refractivity contribution is 7.07. The quantitative estimate of drug-likeness (QED) is 0.253. The Hall–Kier alpha value is -3.79. The topological polar surface area (TPSA) is 108 Å². The number of carboxylic acid groups (broad SMARTS) is 1. The Labute approximate surface area is 227 Å². The lowest BCUT2D eigenvalue weighted by atomic mass is 10.1. The number of carbonyl (C=O) groups is 2. The molecule has 4 rings (SSSR count). The predicted octanol–water partition coefficient (Wildman–Crippen LogP) is 5.86. The molecule has 0 radical (unpaired) electrons. The average molecular weight is 554 g/mol. The summed E-state index contributed by atoms with van der Waals surface area (Å²) >= 11 is 13.7. The minimum Gasteiger partial charge on any atom is -0.480 e. The van der Waals surface area contributed by atoms with Crippen molar-refractivity contribution in [1.29, 1.82) is 0 Å². The van der Waals surface area contributed by atoms with Gasteiger partial charge in [-0.3, -0.25) is 4.79 Å². The highest BCUT2D eigenvalue weighted by Crippen LogP contribution is 2.26. The van der Waals surface area contributed by atoms with Crippen molar-refractivity contribution < 1.29 is 14.7 Å². The molecule has 1 unspecified atom stereocenters. The molecular formula is C26H21Cl2N5O3S. The summed E-state index contributed by atoms with van der Waals surface area (Å²) in [6, 6.07) is 12.9. The Morgan fingerprint density at radius 1 is 1.03 bits per heavy atom. The molecule has 2 aromatic heterocycles. The van der Waals surface area contributed by atoms with E-state index < -0.39 is 17.9 Å². The van der Waals surface area contributed by atoms with Crippen LogP contribution in [-0.4, -0.2) is 38.0 Å². The van der Waals surface area contributed by atoms with Crippen LogP contribution in [0.25, 0.3) is 6.08 Å². The molecule has 37 heavy (non-hydrogen) atoms. The molecule has 0 aliphatic heterocycles. The number of nitrogens with zero attached hydrogens (tertiary/aromatic N) is 4. The number of anilines is 2. The number of rotatable bonds is 10. The molecule has 11 heteroatoms. The zero-order chi connectivity index (χ0) is 26.2. The number of hydrogen-bond donors (Lipinski definition) is 2. The maximum absolute atomic E-state index is 12.6. The van der Waals surface area contributed by atoms with E-state index in [-0.39, 0.29) is 22.0 Å². The van der Waals surface area contributed by atoms with Crippen molar-refractivity contribution >= 4 is 64.1 Å². The smallest absolute Gasteiger partial charge is 0.326 e. The van der Waals surface area contributed by atoms with E-state index in [9.17, 15) is 14.7 Å². The fourth-order valence-corrected chi connectivity index (χ4v) is 4.58. The van der Waals surface area contributed by atoms with Crippen LogP contribution in [0.15, 0.2) is 77.9 Å². The van der Waals surface area contributed by atoms with Gasteiger partial charge in [0.2, 0.25) is 5.95 Å². The fraction of sp³-hybridized carbons (Fsp3) is 0.115. The zero-order valence-corrected chi connectivity index (χ0v) is 21.6. The summed E-state index contributed by atoms with van der Waals surface area (Å²) in [6.45, 7) is 0.512. The van der Waals surface area contributed by atoms with Crippen LogP contribution >= 0.6 is 34.5 Å². The number of aromatic nitrogens is 3. The van der Waals surface area contributed by atoms with E-state index in [2.05, 4.69) is 20.3 Å². The molecule has 8 nitrogen and oxygen atoms in total. The van der Waals surface area contributed by atoms with Crippen LogP contribution in [0.1, 0.15) is 28.0 Å². The van der Waals surface area contributed by atoms with Crippen LogP contribution in [0.5, 0.6) is 0 Å². The second-order valence-electron chi connectivity index (χ2n) is 7.81. The molecule has 4 aromatic rings. The summed E-state index contributed by atoms with van der Waals surface area (Å²) < 4.78 is 0. The van der Waals surface area contributed by atoms with Crippen LogP contribution in [0.2, 0.25) is 10.0 Å². The second kappa shape index (κ2) is 12.4. The number of hydrogen-bond acceptors (Lipinski definition) is 7. The first-order chi connectivity index (χ1) is 17.9. The van der Waals surface area contributed by atoms with Gasteiger partial charge in [-0.15, -0.1) is 11.3 Å². The van der Waals surface area contributed by atoms with E-state index in [1.165, 1.54) is 23.5 Å². The highest BCUT2D eigenvalue weighted by Gasteiger charge is 2.22. The van der Waals surface area contributed by atoms with Crippen LogP contribution in [0.4, 0.5) is 11.6 Å². The number of amides is 1. The minimum absolute atomic E-state index is 0.0428. The third kappa shape index (κ3) is 6.91. The standard InChI is InChI=1S/C26H21Cl2N5O3S/c27-20-5-2-6-21(28)23(20)24(34)32-22(25(35)36)7-1-4-17-8-10-19(11-9-17)33(14-18-15-37-16-31-18)26-29-12-3-13-30-26/h1-6,8-13,15-16,22H,7,14H2,(H,32,34)(H,35,36)/b4-1+. The first kappa shape index (κ1) is 26.3. The lowest BCUT2D eigenvalue weighted by Crippen LogP contribution is -2.40. The maximum atomic E-state index is 12.6. The number of nitrogens with one attached hydrogen (secondary N) is 1. The third-order valence-corrected chi connectivity index (χ3v) is 6.54. The summed E-state index contributed by atoms with van der Waals surface area (Å²) in [6.07, 6.45) is 6.92. The molecular weight excluding hydrogens is 533 g/mol. The molecule has 0 aliphatic rings. The second-order valence-corrected chi connectivity index (χ2v) is 9.34. The van der Waals surface area contributed by atoms with E-state index in [4.69, 9.17) is 23.2 Å². The van der Waals surface area contributed by atoms with E-state index in [1.807, 2.05) is 34.5 Å². The molecule has 0 saturated heterocycles. The molecule has 188 valence electrons. The van der Waals surface area contributed by atoms with Crippen molar-refractivity contribution in [2.75, 3.05) is 4.90 Å². The van der Waals surface area contributed by atoms with Crippen LogP contribution < -0.4 is 10.2 Å². The van der Waals surface area contributed by atoms with Gasteiger partial charge in [0.25, 0.3) is 5.91 Å². The summed E-state index contributed by atoms with van der Waals surface area (Å²) in [5.41, 5.74) is 4.46. The van der Waals surface area contributed by atoms with Crippen molar-refractivity contribution in [3.63, 3.8) is 0 Å². The van der Waals surface area contributed by atoms with E-state index in [1.54, 1.807) is 42.2 Å². The zero-order valence-electron chi connectivity index (χ0n) is 19.3. The lowest BCUT2D eigenvalue weighted by molar-refractivity contribution is -0.139. The Kier molecular flexibility index (Phi) is 8.84. The van der Waals surface area contributed by atoms with Gasteiger partial charge in [0.15, 0.2) is 0 Å². The van der Waals surface area contributed by atoms with Gasteiger partial charge in [-0.05, 0) is 42.3 Å². The Morgan fingerprint density at radius 3 is 2.35 bits per heavy atom. The van der Waals surface area contributed by atoms with Gasteiger partial charge in [-0.2, -0.15) is 0 Å². The largest absolute Gasteiger partial charge is 0.480 e. The van der Waals surface area contributed by atoms with Crippen LogP contribution in [0.3, 0.4) is 0 Å². The lowest BCUT2D eigenvalue weighted by Gasteiger charge is -2.21. The van der Waals surface area contributed by atoms with Crippen molar-refractivity contribution in [2.24, 2.45) is 0 Å². The van der Waals surface area contributed by atoms with E-state index in [0.717, 1.165) is 16.9 Å². The minimum atomic E-state index is -1.17. The van der Waals surface area contributed by atoms with Crippen molar-refractivity contribution in [2.45, 2.75) is 19.0 Å². The van der Waals surface area contributed by atoms with E-state index in [0.29, 0.717) is 12.5 Å². The van der Waals surface area contributed by atoms with Crippen LogP contribution in [0, 0.1) is 0 Å². The fourth-order valence-electron chi connectivity index (χ4n) is 3.46. The van der Waals surface area contributed by atoms with Gasteiger partial charge in [-0.25, -0.2) is 19.7 Å². The SMILES string of the molecule is O=C(NC(C/C=C/c1ccc(N(Cc2cscn2)c2ncccn2)cc1)C(=O)O)c1c(Cl)cccc1Cl. The first-order valence-electron chi connectivity index (χ1n) is 11.1. The van der Waals surface area contributed by atoms with Gasteiger partial charge in [-0.1, -0.05) is 53.6 Å². The van der Waals surface area contributed by atoms with Crippen molar-refractivity contribution in [3.05, 3.63) is 105 Å². The van der Waals surface area contributed by atoms with Crippen molar-refractivity contribution in [3.8, 4) is 0 Å². The van der Waals surface area contributed by atoms with Gasteiger partial charge in [0.05, 0.1) is 33.4 Å². The molecule has 1 atom stereocenters. The number of halogens is 2. The monoisotopic (exact) mass is 553 g/mol. The number of aliphatic carboxylic acids is 1. The summed E-state index contributed by atoms with van der Waals surface area (Å²) in [5, 5.41) is 14.3. The summed E-state index contributed by atoms with van der Waals surface area (Å²) in [5.74, 6) is -1.27. The molecule has 2 aromatic carbocycles. The van der Waals surface area contributed by atoms with E-state index >= 15 is 0 Å². The Morgan fingerprint density at radius 2 is 1.73 bits per heavy atom. The summed E-state index contributed by atoms with van der Waals surface area (Å²) in [4.78, 5) is 39.4. The summed E-state index contributed by atoms with van der Waals surface area (Å²) in [7, 11) is 0. The van der Waals surface area contributed by atoms with Gasteiger partial charge >= 0.3 is 5.97 Å². The number of carboxylic acids is 1. The molecule has 0 aliphatic carbocycles. The first-order valence-corrected chi connectivity index (χ1v) is 12.8. The van der Waals surface area contributed by atoms with Gasteiger partial charge < -0.3 is 15.3 Å². The Bertz CT molecular complexity index is 1360. The number of thiazole rings is 1. The molecule has 2 N–H and O–H groups in total. The van der Waals surface area contributed by atoms with Crippen LogP contribution in [-0.2, 0) is 11.3 Å². The maximum Gasteiger partial charge on any atom is 0.326 e. The molecule has 0 fully saturated rings. The predicted molar refractivity (Wildman–Crippen MR) is 145 cm³/mol. The highest BCUT2D eigenvalue weighted by atomic mass is 35.5. The van der Waals surface area contributed by atoms with Crippen molar-refractivity contribution in [1.82, 2.24) is 20.3 Å².